The van der Waals surface area contributed by atoms with Crippen LogP contribution in [0.5, 0.6) is 0 Å². The van der Waals surface area contributed by atoms with Crippen molar-refractivity contribution in [3.63, 3.8) is 0 Å². The molecule has 3 saturated carbocycles. The number of hydrogen-bond acceptors (Lipinski definition) is 2. The van der Waals surface area contributed by atoms with Gasteiger partial charge in [-0.2, -0.15) is 0 Å². The van der Waals surface area contributed by atoms with Gasteiger partial charge in [-0.05, 0) is 60.2 Å². The molecular formula is C15H26O2. The Morgan fingerprint density at radius 2 is 1.82 bits per heavy atom. The Morgan fingerprint density at radius 3 is 2.41 bits per heavy atom. The molecule has 0 aliphatic heterocycles. The molecule has 3 rings (SSSR count). The number of fused-ring (bicyclic) bond motifs is 4. The van der Waals surface area contributed by atoms with E-state index < -0.39 is 0 Å². The first-order valence-electron chi connectivity index (χ1n) is 7.11. The van der Waals surface area contributed by atoms with Gasteiger partial charge in [0.15, 0.2) is 0 Å². The first kappa shape index (κ1) is 12.0. The van der Waals surface area contributed by atoms with Crippen LogP contribution in [0.3, 0.4) is 0 Å². The zero-order valence-electron chi connectivity index (χ0n) is 11.4. The van der Waals surface area contributed by atoms with Crippen LogP contribution in [-0.4, -0.2) is 22.9 Å². The summed E-state index contributed by atoms with van der Waals surface area (Å²) in [5, 5.41) is 20.3. The summed E-state index contributed by atoms with van der Waals surface area (Å²) < 4.78 is 0. The lowest BCUT2D eigenvalue weighted by Gasteiger charge is -2.58. The lowest BCUT2D eigenvalue weighted by molar-refractivity contribution is -0.138. The fraction of sp³-hybridized carbons (Fsp3) is 1.00. The smallest absolute Gasteiger partial charge is 0.0582 e. The lowest BCUT2D eigenvalue weighted by atomic mass is 9.47. The molecule has 3 fully saturated rings. The molecule has 2 bridgehead atoms. The summed E-state index contributed by atoms with van der Waals surface area (Å²) >= 11 is 0. The minimum atomic E-state index is -0.196. The molecular weight excluding hydrogens is 212 g/mol. The Kier molecular flexibility index (Phi) is 2.30. The SMILES string of the molecule is CC1(C)C[C@H]2[C@H]1C(O)C[C@]1(CO)CC[C@@]2(C)C1. The van der Waals surface area contributed by atoms with E-state index in [1.807, 2.05) is 0 Å². The van der Waals surface area contributed by atoms with Crippen molar-refractivity contribution in [1.82, 2.24) is 0 Å². The predicted octanol–water partition coefficient (Wildman–Crippen LogP) is 2.58. The molecule has 0 aromatic rings. The van der Waals surface area contributed by atoms with Crippen molar-refractivity contribution in [3.05, 3.63) is 0 Å². The Hall–Kier alpha value is -0.0800. The van der Waals surface area contributed by atoms with Crippen molar-refractivity contribution in [1.29, 1.82) is 0 Å². The molecule has 0 aromatic carbocycles. The second-order valence-corrected chi connectivity index (χ2v) is 8.09. The van der Waals surface area contributed by atoms with Crippen LogP contribution in [0.2, 0.25) is 0 Å². The summed E-state index contributed by atoms with van der Waals surface area (Å²) in [6, 6.07) is 0. The molecule has 0 amide bonds. The molecule has 3 aliphatic rings. The normalized spacial score (nSPS) is 55.9. The minimum Gasteiger partial charge on any atom is -0.396 e. The van der Waals surface area contributed by atoms with Crippen LogP contribution in [0.4, 0.5) is 0 Å². The van der Waals surface area contributed by atoms with Gasteiger partial charge in [-0.15, -0.1) is 0 Å². The van der Waals surface area contributed by atoms with Gasteiger partial charge in [0.1, 0.15) is 0 Å². The highest BCUT2D eigenvalue weighted by Gasteiger charge is 2.63. The number of aliphatic hydroxyl groups excluding tert-OH is 2. The zero-order valence-corrected chi connectivity index (χ0v) is 11.4. The molecule has 2 heteroatoms. The molecule has 1 unspecified atom stereocenters. The van der Waals surface area contributed by atoms with Gasteiger partial charge in [0, 0.05) is 6.61 Å². The fourth-order valence-electron chi connectivity index (χ4n) is 5.53. The highest BCUT2D eigenvalue weighted by Crippen LogP contribution is 2.69. The maximum Gasteiger partial charge on any atom is 0.0582 e. The van der Waals surface area contributed by atoms with Crippen molar-refractivity contribution in [2.45, 2.75) is 59.0 Å². The second kappa shape index (κ2) is 3.27. The summed E-state index contributed by atoms with van der Waals surface area (Å²) in [6.07, 6.45) is 5.37. The van der Waals surface area contributed by atoms with Gasteiger partial charge in [-0.1, -0.05) is 20.8 Å². The number of hydrogen-bond donors (Lipinski definition) is 2. The Balaban J connectivity index is 1.96. The Morgan fingerprint density at radius 1 is 1.12 bits per heavy atom. The summed E-state index contributed by atoms with van der Waals surface area (Å²) in [6.45, 7) is 7.26. The molecule has 0 spiro atoms. The van der Waals surface area contributed by atoms with Gasteiger partial charge >= 0.3 is 0 Å². The molecule has 5 atom stereocenters. The van der Waals surface area contributed by atoms with Crippen molar-refractivity contribution in [2.75, 3.05) is 6.61 Å². The predicted molar refractivity (Wildman–Crippen MR) is 67.5 cm³/mol. The summed E-state index contributed by atoms with van der Waals surface area (Å²) in [7, 11) is 0. The van der Waals surface area contributed by atoms with E-state index in [-0.39, 0.29) is 18.1 Å². The topological polar surface area (TPSA) is 40.5 Å². The van der Waals surface area contributed by atoms with E-state index in [1.165, 1.54) is 12.8 Å². The highest BCUT2D eigenvalue weighted by atomic mass is 16.3. The van der Waals surface area contributed by atoms with Gasteiger partial charge in [0.25, 0.3) is 0 Å². The van der Waals surface area contributed by atoms with Gasteiger partial charge < -0.3 is 10.2 Å². The van der Waals surface area contributed by atoms with Crippen LogP contribution in [0, 0.1) is 28.1 Å². The van der Waals surface area contributed by atoms with Crippen LogP contribution in [-0.2, 0) is 0 Å². The standard InChI is InChI=1S/C15H26O2/c1-13(2)6-10-12(13)11(17)7-15(9-16)5-4-14(10,3)8-15/h10-12,16-17H,4-9H2,1-3H3/t10-,11?,12-,14-,15+/m0/s1. The van der Waals surface area contributed by atoms with E-state index in [1.54, 1.807) is 0 Å². The summed E-state index contributed by atoms with van der Waals surface area (Å²) in [5.74, 6) is 1.14. The molecule has 17 heavy (non-hydrogen) atoms. The molecule has 3 aliphatic carbocycles. The van der Waals surface area contributed by atoms with Crippen LogP contribution in [0.1, 0.15) is 52.9 Å². The number of rotatable bonds is 1. The third-order valence-corrected chi connectivity index (χ3v) is 6.37. The molecule has 98 valence electrons. The van der Waals surface area contributed by atoms with Crippen LogP contribution < -0.4 is 0 Å². The summed E-state index contributed by atoms with van der Waals surface area (Å²) in [5.41, 5.74) is 0.705. The first-order valence-corrected chi connectivity index (χ1v) is 7.11. The largest absolute Gasteiger partial charge is 0.396 e. The fourth-order valence-corrected chi connectivity index (χ4v) is 5.53. The molecule has 0 heterocycles. The third kappa shape index (κ3) is 1.46. The Bertz CT molecular complexity index is 338. The maximum atomic E-state index is 10.5. The van der Waals surface area contributed by atoms with Crippen molar-refractivity contribution >= 4 is 0 Å². The van der Waals surface area contributed by atoms with Gasteiger partial charge in [-0.25, -0.2) is 0 Å². The first-order chi connectivity index (χ1) is 7.82. The second-order valence-electron chi connectivity index (χ2n) is 8.09. The average molecular weight is 238 g/mol. The highest BCUT2D eigenvalue weighted by molar-refractivity contribution is 5.13. The van der Waals surface area contributed by atoms with E-state index in [0.717, 1.165) is 19.3 Å². The summed E-state index contributed by atoms with van der Waals surface area (Å²) in [4.78, 5) is 0. The maximum absolute atomic E-state index is 10.5. The van der Waals surface area contributed by atoms with E-state index in [4.69, 9.17) is 0 Å². The quantitative estimate of drug-likeness (QED) is 0.737. The van der Waals surface area contributed by atoms with Crippen molar-refractivity contribution < 1.29 is 10.2 Å². The van der Waals surface area contributed by atoms with Gasteiger partial charge in [0.2, 0.25) is 0 Å². The third-order valence-electron chi connectivity index (χ3n) is 6.37. The van der Waals surface area contributed by atoms with Crippen LogP contribution in [0.25, 0.3) is 0 Å². The van der Waals surface area contributed by atoms with E-state index in [0.29, 0.717) is 22.7 Å². The van der Waals surface area contributed by atoms with E-state index >= 15 is 0 Å². The molecule has 0 saturated heterocycles. The Labute approximate surface area is 104 Å². The molecule has 2 N–H and O–H groups in total. The zero-order chi connectivity index (χ0) is 12.5. The van der Waals surface area contributed by atoms with E-state index in [2.05, 4.69) is 20.8 Å². The number of aliphatic hydroxyl groups is 2. The van der Waals surface area contributed by atoms with Crippen molar-refractivity contribution in [3.8, 4) is 0 Å². The van der Waals surface area contributed by atoms with Crippen LogP contribution in [0.15, 0.2) is 0 Å². The van der Waals surface area contributed by atoms with Crippen LogP contribution >= 0.6 is 0 Å². The molecule has 2 nitrogen and oxygen atoms in total. The van der Waals surface area contributed by atoms with Gasteiger partial charge in [-0.3, -0.25) is 0 Å². The minimum absolute atomic E-state index is 0.0294. The molecule has 0 radical (unpaired) electrons. The van der Waals surface area contributed by atoms with E-state index in [9.17, 15) is 10.2 Å². The average Bonchev–Trinajstić information content (AvgIpc) is 2.50. The molecule has 0 aromatic heterocycles. The lowest BCUT2D eigenvalue weighted by Crippen LogP contribution is -2.54. The van der Waals surface area contributed by atoms with Gasteiger partial charge in [0.05, 0.1) is 6.10 Å². The monoisotopic (exact) mass is 238 g/mol. The van der Waals surface area contributed by atoms with Crippen molar-refractivity contribution in [2.24, 2.45) is 28.1 Å².